The number of nitrogens with zero attached hydrogens (tertiary/aromatic N) is 4. The van der Waals surface area contributed by atoms with Crippen LogP contribution in [0, 0.1) is 13.8 Å². The number of anilines is 1. The highest BCUT2D eigenvalue weighted by Gasteiger charge is 2.12. The number of nitrogens with one attached hydrogen (secondary N) is 1. The lowest BCUT2D eigenvalue weighted by Gasteiger charge is -2.07. The van der Waals surface area contributed by atoms with Gasteiger partial charge in [0.25, 0.3) is 0 Å². The summed E-state index contributed by atoms with van der Waals surface area (Å²) in [6.45, 7) is 4.81. The van der Waals surface area contributed by atoms with E-state index >= 15 is 0 Å². The van der Waals surface area contributed by atoms with Crippen LogP contribution >= 0.6 is 0 Å². The Balaban J connectivity index is 1.96. The van der Waals surface area contributed by atoms with Crippen LogP contribution in [0.5, 0.6) is 0 Å². The zero-order chi connectivity index (χ0) is 14.1. The van der Waals surface area contributed by atoms with Gasteiger partial charge in [-0.25, -0.2) is 0 Å². The molecule has 0 radical (unpaired) electrons. The van der Waals surface area contributed by atoms with E-state index in [0.717, 1.165) is 16.9 Å². The van der Waals surface area contributed by atoms with Gasteiger partial charge in [0.1, 0.15) is 0 Å². The number of pyridine rings is 1. The van der Waals surface area contributed by atoms with Gasteiger partial charge in [-0.2, -0.15) is 5.10 Å². The summed E-state index contributed by atoms with van der Waals surface area (Å²) in [4.78, 5) is 4.02. The van der Waals surface area contributed by atoms with Crippen molar-refractivity contribution < 1.29 is 0 Å². The average molecular weight is 267 g/mol. The molecule has 5 heteroatoms. The Kier molecular flexibility index (Phi) is 3.10. The average Bonchev–Trinajstić information content (AvgIpc) is 2.76. The van der Waals surface area contributed by atoms with Crippen LogP contribution in [0.25, 0.3) is 10.8 Å². The lowest BCUT2D eigenvalue weighted by molar-refractivity contribution is 0.888. The van der Waals surface area contributed by atoms with E-state index in [2.05, 4.69) is 38.2 Å². The molecule has 3 aromatic rings. The number of hydrogen-bond acceptors (Lipinski definition) is 4. The lowest BCUT2D eigenvalue weighted by atomic mass is 10.2. The molecule has 0 atom stereocenters. The molecule has 3 rings (SSSR count). The van der Waals surface area contributed by atoms with Crippen molar-refractivity contribution >= 4 is 16.6 Å². The fourth-order valence-corrected chi connectivity index (χ4v) is 2.41. The smallest absolute Gasteiger partial charge is 0.158 e. The van der Waals surface area contributed by atoms with Crippen LogP contribution in [-0.2, 0) is 13.6 Å². The summed E-state index contributed by atoms with van der Waals surface area (Å²) >= 11 is 0. The lowest BCUT2D eigenvalue weighted by Crippen LogP contribution is -2.03. The molecule has 0 unspecified atom stereocenters. The third-order valence-electron chi connectivity index (χ3n) is 3.61. The Morgan fingerprint density at radius 2 is 1.90 bits per heavy atom. The zero-order valence-corrected chi connectivity index (χ0v) is 11.9. The van der Waals surface area contributed by atoms with Crippen LogP contribution < -0.4 is 5.32 Å². The molecule has 0 spiro atoms. The topological polar surface area (TPSA) is 55.6 Å². The van der Waals surface area contributed by atoms with Crippen molar-refractivity contribution in [3.05, 3.63) is 47.7 Å². The van der Waals surface area contributed by atoms with Crippen molar-refractivity contribution in [2.24, 2.45) is 7.05 Å². The van der Waals surface area contributed by atoms with E-state index in [1.807, 2.05) is 26.1 Å². The molecular weight excluding hydrogens is 250 g/mol. The van der Waals surface area contributed by atoms with Crippen molar-refractivity contribution in [3.63, 3.8) is 0 Å². The zero-order valence-electron chi connectivity index (χ0n) is 11.9. The highest BCUT2D eigenvalue weighted by molar-refractivity contribution is 5.95. The van der Waals surface area contributed by atoms with Gasteiger partial charge in [0.2, 0.25) is 0 Å². The molecule has 0 amide bonds. The molecular formula is C15H17N5. The minimum atomic E-state index is 0.712. The largest absolute Gasteiger partial charge is 0.364 e. The predicted molar refractivity (Wildman–Crippen MR) is 79.5 cm³/mol. The number of fused-ring (bicyclic) bond motifs is 1. The van der Waals surface area contributed by atoms with E-state index in [1.54, 1.807) is 12.4 Å². The minimum Gasteiger partial charge on any atom is -0.364 e. The Morgan fingerprint density at radius 3 is 2.65 bits per heavy atom. The SMILES string of the molecule is Cc1nnc(NCc2ccncc2)c2cn(C)c(C)c12. The van der Waals surface area contributed by atoms with Crippen LogP contribution in [-0.4, -0.2) is 19.7 Å². The van der Waals surface area contributed by atoms with Crippen LogP contribution in [0.15, 0.2) is 30.7 Å². The van der Waals surface area contributed by atoms with Crippen LogP contribution in [0.2, 0.25) is 0 Å². The van der Waals surface area contributed by atoms with Crippen molar-refractivity contribution in [1.82, 2.24) is 19.7 Å². The molecule has 0 saturated heterocycles. The Bertz CT molecular complexity index is 746. The second-order valence-corrected chi connectivity index (χ2v) is 4.96. The first-order valence-electron chi connectivity index (χ1n) is 6.58. The van der Waals surface area contributed by atoms with Gasteiger partial charge < -0.3 is 9.88 Å². The number of hydrogen-bond donors (Lipinski definition) is 1. The maximum absolute atomic E-state index is 4.29. The number of aryl methyl sites for hydroxylation is 3. The normalized spacial score (nSPS) is 10.9. The van der Waals surface area contributed by atoms with E-state index in [-0.39, 0.29) is 0 Å². The number of rotatable bonds is 3. The summed E-state index contributed by atoms with van der Waals surface area (Å²) in [6, 6.07) is 3.98. The molecule has 1 N–H and O–H groups in total. The van der Waals surface area contributed by atoms with Crippen LogP contribution in [0.1, 0.15) is 17.0 Å². The van der Waals surface area contributed by atoms with Crippen LogP contribution in [0.3, 0.4) is 0 Å². The molecule has 0 aliphatic rings. The van der Waals surface area contributed by atoms with Crippen molar-refractivity contribution in [3.8, 4) is 0 Å². The van der Waals surface area contributed by atoms with E-state index in [0.29, 0.717) is 6.54 Å². The Labute approximate surface area is 117 Å². The molecule has 5 nitrogen and oxygen atoms in total. The van der Waals surface area contributed by atoms with E-state index in [9.17, 15) is 0 Å². The fraction of sp³-hybridized carbons (Fsp3) is 0.267. The molecule has 3 heterocycles. The molecule has 0 saturated carbocycles. The third kappa shape index (κ3) is 2.11. The summed E-state index contributed by atoms with van der Waals surface area (Å²) in [5.74, 6) is 0.825. The van der Waals surface area contributed by atoms with E-state index in [1.165, 1.54) is 16.6 Å². The molecule has 0 aliphatic carbocycles. The fourth-order valence-electron chi connectivity index (χ4n) is 2.41. The van der Waals surface area contributed by atoms with Gasteiger partial charge in [-0.3, -0.25) is 4.98 Å². The summed E-state index contributed by atoms with van der Waals surface area (Å²) in [6.07, 6.45) is 5.68. The van der Waals surface area contributed by atoms with Gasteiger partial charge in [-0.05, 0) is 31.5 Å². The van der Waals surface area contributed by atoms with Gasteiger partial charge in [0.05, 0.1) is 5.69 Å². The first-order chi connectivity index (χ1) is 9.66. The molecule has 0 bridgehead atoms. The van der Waals surface area contributed by atoms with Gasteiger partial charge >= 0.3 is 0 Å². The third-order valence-corrected chi connectivity index (χ3v) is 3.61. The van der Waals surface area contributed by atoms with Crippen molar-refractivity contribution in [2.45, 2.75) is 20.4 Å². The van der Waals surface area contributed by atoms with Crippen molar-refractivity contribution in [2.75, 3.05) is 5.32 Å². The molecule has 0 aromatic carbocycles. The summed E-state index contributed by atoms with van der Waals surface area (Å²) in [5.41, 5.74) is 3.34. The summed E-state index contributed by atoms with van der Waals surface area (Å²) in [7, 11) is 2.04. The molecule has 0 aliphatic heterocycles. The first-order valence-corrected chi connectivity index (χ1v) is 6.58. The molecule has 20 heavy (non-hydrogen) atoms. The summed E-state index contributed by atoms with van der Waals surface area (Å²) in [5, 5.41) is 14.2. The van der Waals surface area contributed by atoms with Gasteiger partial charge in [0.15, 0.2) is 5.82 Å². The Hall–Kier alpha value is -2.43. The predicted octanol–water partition coefficient (Wildman–Crippen LogP) is 2.59. The van der Waals surface area contributed by atoms with Gasteiger partial charge in [-0.1, -0.05) is 0 Å². The van der Waals surface area contributed by atoms with Gasteiger partial charge in [0, 0.05) is 48.6 Å². The molecule has 3 aromatic heterocycles. The van der Waals surface area contributed by atoms with Crippen LogP contribution in [0.4, 0.5) is 5.82 Å². The number of aromatic nitrogens is 4. The molecule has 0 fully saturated rings. The highest BCUT2D eigenvalue weighted by atomic mass is 15.2. The second kappa shape index (κ2) is 4.92. The maximum atomic E-state index is 4.29. The molecule has 102 valence electrons. The summed E-state index contributed by atoms with van der Waals surface area (Å²) < 4.78 is 2.11. The van der Waals surface area contributed by atoms with Gasteiger partial charge in [-0.15, -0.1) is 5.10 Å². The highest BCUT2D eigenvalue weighted by Crippen LogP contribution is 2.27. The second-order valence-electron chi connectivity index (χ2n) is 4.96. The monoisotopic (exact) mass is 267 g/mol. The Morgan fingerprint density at radius 1 is 1.15 bits per heavy atom. The first kappa shape index (κ1) is 12.6. The maximum Gasteiger partial charge on any atom is 0.158 e. The quantitative estimate of drug-likeness (QED) is 0.792. The standard InChI is InChI=1S/C15H17N5/c1-10-14-11(2)20(3)9-13(14)15(19-18-10)17-8-12-4-6-16-7-5-12/h4-7,9H,8H2,1-3H3,(H,17,19). The van der Waals surface area contributed by atoms with E-state index < -0.39 is 0 Å². The van der Waals surface area contributed by atoms with Crippen molar-refractivity contribution in [1.29, 1.82) is 0 Å². The van der Waals surface area contributed by atoms with E-state index in [4.69, 9.17) is 0 Å². The minimum absolute atomic E-state index is 0.712.